The van der Waals surface area contributed by atoms with Gasteiger partial charge in [0.15, 0.2) is 18.9 Å². The van der Waals surface area contributed by atoms with Gasteiger partial charge in [-0.05, 0) is 77.0 Å². The largest absolute Gasteiger partial charge is 0.394 e. The van der Waals surface area contributed by atoms with Crippen LogP contribution in [0.3, 0.4) is 0 Å². The zero-order chi connectivity index (χ0) is 73.2. The molecule has 0 aliphatic carbocycles. The second-order valence-electron chi connectivity index (χ2n) is 28.1. The molecule has 3 fully saturated rings. The molecule has 12 N–H and O–H groups in total. The van der Waals surface area contributed by atoms with Gasteiger partial charge in [-0.25, -0.2) is 0 Å². The predicted molar refractivity (Wildman–Crippen MR) is 401 cm³/mol. The van der Waals surface area contributed by atoms with E-state index < -0.39 is 124 Å². The molecule has 101 heavy (non-hydrogen) atoms. The molecular weight excluding hydrogens is 1290 g/mol. The van der Waals surface area contributed by atoms with Crippen LogP contribution in [0.2, 0.25) is 0 Å². The summed E-state index contributed by atoms with van der Waals surface area (Å²) >= 11 is 0. The zero-order valence-electron chi connectivity index (χ0n) is 62.4. The highest BCUT2D eigenvalue weighted by molar-refractivity contribution is 5.76. The van der Waals surface area contributed by atoms with Crippen molar-refractivity contribution in [3.05, 3.63) is 97.2 Å². The van der Waals surface area contributed by atoms with E-state index >= 15 is 0 Å². The maximum atomic E-state index is 13.5. The Morgan fingerprint density at radius 2 is 0.683 bits per heavy atom. The van der Waals surface area contributed by atoms with E-state index in [0.717, 1.165) is 89.9 Å². The SMILES string of the molecule is CC/C=C\C/C=C\C/C=C\C/C=C\C/C=C\C/C=C\C/C=C\CCCCCCCCCCCCCCCCCCCC(=O)NC(COC1OC(CO)C(OC2OC(CO)C(OC3OC(CO)C(O)C(O)C3O)C(O)C2O)C(O)C1O)C(O)/C=C/CCCCCCCCCCCCCCCCC. The molecule has 0 bridgehead atoms. The fourth-order valence-corrected chi connectivity index (χ4v) is 13.0. The van der Waals surface area contributed by atoms with Crippen molar-refractivity contribution in [2.45, 2.75) is 388 Å². The van der Waals surface area contributed by atoms with Crippen LogP contribution in [0.15, 0.2) is 97.2 Å². The van der Waals surface area contributed by atoms with Gasteiger partial charge in [0.2, 0.25) is 5.91 Å². The minimum atomic E-state index is -1.98. The number of unbranched alkanes of at least 4 members (excludes halogenated alkanes) is 32. The molecule has 3 aliphatic rings. The van der Waals surface area contributed by atoms with Crippen LogP contribution in [0.25, 0.3) is 0 Å². The molecule has 3 saturated heterocycles. The number of hydrogen-bond acceptors (Lipinski definition) is 18. The molecule has 3 rings (SSSR count). The van der Waals surface area contributed by atoms with E-state index in [1.165, 1.54) is 167 Å². The molecular formula is C82H143NO18. The molecule has 0 saturated carbocycles. The Morgan fingerprint density at radius 1 is 0.366 bits per heavy atom. The number of carbonyl (C=O) groups excluding carboxylic acids is 1. The van der Waals surface area contributed by atoms with E-state index in [2.05, 4.69) is 104 Å². The summed E-state index contributed by atoms with van der Waals surface area (Å²) in [7, 11) is 0. The Balaban J connectivity index is 1.32. The lowest BCUT2D eigenvalue weighted by Gasteiger charge is -2.48. The Bertz CT molecular complexity index is 2200. The lowest BCUT2D eigenvalue weighted by atomic mass is 9.96. The molecule has 17 atom stereocenters. The number of nitrogens with one attached hydrogen (secondary N) is 1. The quantitative estimate of drug-likeness (QED) is 0.0199. The van der Waals surface area contributed by atoms with Gasteiger partial charge < -0.3 is 89.9 Å². The number of allylic oxidation sites excluding steroid dienone is 15. The summed E-state index contributed by atoms with van der Waals surface area (Å²) < 4.78 is 34.4. The topological polar surface area (TPSA) is 307 Å². The summed E-state index contributed by atoms with van der Waals surface area (Å²) in [5, 5.41) is 121. The van der Waals surface area contributed by atoms with Crippen molar-refractivity contribution in [3.63, 3.8) is 0 Å². The summed E-state index contributed by atoms with van der Waals surface area (Å²) in [6, 6.07) is -0.977. The van der Waals surface area contributed by atoms with Gasteiger partial charge in [0, 0.05) is 6.42 Å². The third-order valence-electron chi connectivity index (χ3n) is 19.4. The predicted octanol–water partition coefficient (Wildman–Crippen LogP) is 13.2. The van der Waals surface area contributed by atoms with Crippen molar-refractivity contribution in [1.82, 2.24) is 5.32 Å². The van der Waals surface area contributed by atoms with Gasteiger partial charge in [0.25, 0.3) is 0 Å². The molecule has 19 heteroatoms. The number of aliphatic hydroxyl groups excluding tert-OH is 11. The lowest BCUT2D eigenvalue weighted by molar-refractivity contribution is -0.379. The molecule has 19 nitrogen and oxygen atoms in total. The van der Waals surface area contributed by atoms with Crippen LogP contribution in [0.4, 0.5) is 0 Å². The molecule has 0 aromatic carbocycles. The van der Waals surface area contributed by atoms with Gasteiger partial charge in [-0.15, -0.1) is 0 Å². The van der Waals surface area contributed by atoms with Gasteiger partial charge in [0.05, 0.1) is 38.6 Å². The lowest BCUT2D eigenvalue weighted by Crippen LogP contribution is -2.66. The molecule has 17 unspecified atom stereocenters. The van der Waals surface area contributed by atoms with E-state index in [-0.39, 0.29) is 18.9 Å². The zero-order valence-corrected chi connectivity index (χ0v) is 62.4. The maximum absolute atomic E-state index is 13.5. The molecule has 584 valence electrons. The van der Waals surface area contributed by atoms with E-state index in [1.54, 1.807) is 6.08 Å². The Morgan fingerprint density at radius 3 is 1.07 bits per heavy atom. The van der Waals surface area contributed by atoms with Crippen molar-refractivity contribution in [2.24, 2.45) is 0 Å². The third-order valence-corrected chi connectivity index (χ3v) is 19.4. The van der Waals surface area contributed by atoms with Gasteiger partial charge in [-0.1, -0.05) is 297 Å². The van der Waals surface area contributed by atoms with Gasteiger partial charge >= 0.3 is 0 Å². The van der Waals surface area contributed by atoms with Crippen LogP contribution in [0.5, 0.6) is 0 Å². The van der Waals surface area contributed by atoms with Crippen molar-refractivity contribution >= 4 is 5.91 Å². The first-order valence-corrected chi connectivity index (χ1v) is 40.0. The highest BCUT2D eigenvalue weighted by Crippen LogP contribution is 2.33. The smallest absolute Gasteiger partial charge is 0.220 e. The minimum Gasteiger partial charge on any atom is -0.394 e. The third kappa shape index (κ3) is 42.0. The van der Waals surface area contributed by atoms with Gasteiger partial charge in [0.1, 0.15) is 73.2 Å². The summed E-state index contributed by atoms with van der Waals surface area (Å²) in [5.41, 5.74) is 0. The first-order valence-electron chi connectivity index (χ1n) is 40.0. The van der Waals surface area contributed by atoms with E-state index in [1.807, 2.05) is 6.08 Å². The fourth-order valence-electron chi connectivity index (χ4n) is 13.0. The molecule has 0 aromatic heterocycles. The average molecular weight is 1430 g/mol. The standard InChI is InChI=1S/C82H143NO18/c1-3-5-7-9-11-13-15-17-19-21-22-23-24-25-26-27-28-29-30-31-32-33-34-35-36-37-38-39-40-41-42-44-46-48-50-52-54-56-58-60-70(88)83-65(66(87)59-57-55-53-51-49-47-45-43-20-18-16-14-12-10-8-6-4-2)64-96-80-76(94)73(91)78(68(62-85)98-80)101-82-77(95)74(92)79(69(63-86)99-82)100-81-75(93)72(90)71(89)67(61-84)97-81/h5,7,11,13,17,19,22-23,25-26,28-29,31-32,57,59,65-69,71-82,84-87,89-95H,3-4,6,8-10,12,14-16,18,20-21,24,27,30,33-56,58,60-64H2,1-2H3,(H,83,88)/b7-5-,13-11-,19-17-,23-22-,26-25-,29-28-,32-31-,59-57+. The van der Waals surface area contributed by atoms with Crippen molar-refractivity contribution < 1.29 is 89.4 Å². The summed E-state index contributed by atoms with van der Waals surface area (Å²) in [6.45, 7) is 1.64. The van der Waals surface area contributed by atoms with Crippen molar-refractivity contribution in [2.75, 3.05) is 26.4 Å². The fraction of sp³-hybridized carbons (Fsp3) is 0.793. The molecule has 3 aliphatic heterocycles. The number of rotatable bonds is 62. The van der Waals surface area contributed by atoms with E-state index in [9.17, 15) is 61.0 Å². The number of aliphatic hydroxyl groups is 11. The first kappa shape index (κ1) is 91.9. The van der Waals surface area contributed by atoms with Gasteiger partial charge in [-0.3, -0.25) is 4.79 Å². The summed E-state index contributed by atoms with van der Waals surface area (Å²) in [4.78, 5) is 13.5. The van der Waals surface area contributed by atoms with E-state index in [4.69, 9.17) is 28.4 Å². The monoisotopic (exact) mass is 1430 g/mol. The molecule has 1 amide bonds. The molecule has 0 radical (unpaired) electrons. The number of ether oxygens (including phenoxy) is 6. The van der Waals surface area contributed by atoms with Crippen LogP contribution in [-0.2, 0) is 33.2 Å². The molecule has 3 heterocycles. The average Bonchev–Trinajstić information content (AvgIpc) is 0.792. The Kier molecular flexibility index (Phi) is 56.3. The normalized spacial score (nSPS) is 26.8. The van der Waals surface area contributed by atoms with Crippen molar-refractivity contribution in [1.29, 1.82) is 0 Å². The van der Waals surface area contributed by atoms with Crippen LogP contribution in [0.1, 0.15) is 284 Å². The van der Waals surface area contributed by atoms with Crippen LogP contribution in [0, 0.1) is 0 Å². The van der Waals surface area contributed by atoms with Crippen LogP contribution >= 0.6 is 0 Å². The number of carbonyl (C=O) groups is 1. The number of amides is 1. The molecule has 0 spiro atoms. The number of hydrogen-bond donors (Lipinski definition) is 12. The van der Waals surface area contributed by atoms with Gasteiger partial charge in [-0.2, -0.15) is 0 Å². The minimum absolute atomic E-state index is 0.241. The maximum Gasteiger partial charge on any atom is 0.220 e. The van der Waals surface area contributed by atoms with Crippen LogP contribution in [-0.4, -0.2) is 193 Å². The second-order valence-corrected chi connectivity index (χ2v) is 28.1. The van der Waals surface area contributed by atoms with Crippen LogP contribution < -0.4 is 5.32 Å². The highest BCUT2D eigenvalue weighted by atomic mass is 16.8. The Hall–Kier alpha value is -3.29. The molecule has 0 aromatic rings. The summed E-state index contributed by atoms with van der Waals surface area (Å²) in [6.07, 6.45) is 56.8. The van der Waals surface area contributed by atoms with Crippen molar-refractivity contribution in [3.8, 4) is 0 Å². The first-order chi connectivity index (χ1) is 49.3. The Labute approximate surface area is 609 Å². The summed E-state index contributed by atoms with van der Waals surface area (Å²) in [5.74, 6) is -0.275. The second kappa shape index (κ2) is 61.8. The highest BCUT2D eigenvalue weighted by Gasteiger charge is 2.54. The van der Waals surface area contributed by atoms with E-state index in [0.29, 0.717) is 6.42 Å².